The predicted octanol–water partition coefficient (Wildman–Crippen LogP) is 2.26. The molecule has 1 atom stereocenters. The highest BCUT2D eigenvalue weighted by molar-refractivity contribution is 9.10. The van der Waals surface area contributed by atoms with Crippen LogP contribution in [0, 0.1) is 0 Å². The van der Waals surface area contributed by atoms with E-state index < -0.39 is 0 Å². The number of benzene rings is 1. The van der Waals surface area contributed by atoms with Gasteiger partial charge in [-0.05, 0) is 19.1 Å². The van der Waals surface area contributed by atoms with Crippen LogP contribution in [0.1, 0.15) is 17.3 Å². The molecule has 1 N–H and O–H groups in total. The van der Waals surface area contributed by atoms with Crippen molar-refractivity contribution in [3.05, 3.63) is 34.3 Å². The van der Waals surface area contributed by atoms with Crippen LogP contribution in [-0.2, 0) is 4.74 Å². The summed E-state index contributed by atoms with van der Waals surface area (Å²) in [5, 5.41) is 3.11. The Morgan fingerprint density at radius 3 is 2.62 bits per heavy atom. The van der Waals surface area contributed by atoms with Crippen molar-refractivity contribution in [3.63, 3.8) is 0 Å². The summed E-state index contributed by atoms with van der Waals surface area (Å²) in [5.74, 6) is 0.101. The van der Waals surface area contributed by atoms with Crippen molar-refractivity contribution >= 4 is 21.7 Å². The molecule has 0 amide bonds. The first-order chi connectivity index (χ1) is 7.65. The van der Waals surface area contributed by atoms with Gasteiger partial charge in [0.1, 0.15) is 0 Å². The molecule has 1 unspecified atom stereocenters. The normalized spacial score (nSPS) is 12.4. The third-order valence-electron chi connectivity index (χ3n) is 2.28. The average molecular weight is 286 g/mol. The largest absolute Gasteiger partial charge is 0.383 e. The molecule has 1 aromatic rings. The van der Waals surface area contributed by atoms with Gasteiger partial charge in [-0.25, -0.2) is 0 Å². The van der Waals surface area contributed by atoms with Crippen molar-refractivity contribution in [2.45, 2.75) is 13.0 Å². The molecular weight excluding hydrogens is 270 g/mol. The Bertz CT molecular complexity index is 337. The lowest BCUT2D eigenvalue weighted by molar-refractivity contribution is 0.0945. The fourth-order valence-electron chi connectivity index (χ4n) is 1.33. The minimum Gasteiger partial charge on any atom is -0.383 e. The molecule has 0 fully saturated rings. The molecule has 1 aromatic carbocycles. The SMILES string of the molecule is COCCNC(C)C(=O)c1ccc(Br)cc1. The fourth-order valence-corrected chi connectivity index (χ4v) is 1.60. The van der Waals surface area contributed by atoms with Crippen molar-refractivity contribution in [2.75, 3.05) is 20.3 Å². The molecule has 88 valence electrons. The summed E-state index contributed by atoms with van der Waals surface area (Å²) in [6, 6.07) is 7.20. The summed E-state index contributed by atoms with van der Waals surface area (Å²) >= 11 is 3.34. The highest BCUT2D eigenvalue weighted by atomic mass is 79.9. The summed E-state index contributed by atoms with van der Waals surface area (Å²) in [6.07, 6.45) is 0. The monoisotopic (exact) mass is 285 g/mol. The fraction of sp³-hybridized carbons (Fsp3) is 0.417. The molecule has 3 nitrogen and oxygen atoms in total. The predicted molar refractivity (Wildman–Crippen MR) is 67.8 cm³/mol. The second kappa shape index (κ2) is 6.78. The van der Waals surface area contributed by atoms with Crippen molar-refractivity contribution in [3.8, 4) is 0 Å². The molecule has 0 aromatic heterocycles. The standard InChI is InChI=1S/C12H16BrNO2/c1-9(14-7-8-16-2)12(15)10-3-5-11(13)6-4-10/h3-6,9,14H,7-8H2,1-2H3. The molecule has 0 aliphatic rings. The van der Waals surface area contributed by atoms with Crippen LogP contribution < -0.4 is 5.32 Å². The van der Waals surface area contributed by atoms with Gasteiger partial charge in [-0.2, -0.15) is 0 Å². The van der Waals surface area contributed by atoms with E-state index in [-0.39, 0.29) is 11.8 Å². The van der Waals surface area contributed by atoms with E-state index in [4.69, 9.17) is 4.74 Å². The number of ketones is 1. The van der Waals surface area contributed by atoms with Crippen LogP contribution in [0.5, 0.6) is 0 Å². The molecule has 0 saturated heterocycles. The molecule has 16 heavy (non-hydrogen) atoms. The number of methoxy groups -OCH3 is 1. The van der Waals surface area contributed by atoms with Crippen LogP contribution in [0.15, 0.2) is 28.7 Å². The molecule has 0 heterocycles. The van der Waals surface area contributed by atoms with Gasteiger partial charge in [-0.15, -0.1) is 0 Å². The Balaban J connectivity index is 2.53. The zero-order chi connectivity index (χ0) is 12.0. The van der Waals surface area contributed by atoms with Gasteiger partial charge in [0.05, 0.1) is 12.6 Å². The van der Waals surface area contributed by atoms with Crippen LogP contribution in [0.3, 0.4) is 0 Å². The molecular formula is C12H16BrNO2. The second-order valence-electron chi connectivity index (χ2n) is 3.54. The van der Waals surface area contributed by atoms with Crippen molar-refractivity contribution in [2.24, 2.45) is 0 Å². The van der Waals surface area contributed by atoms with Crippen molar-refractivity contribution in [1.82, 2.24) is 5.32 Å². The summed E-state index contributed by atoms with van der Waals surface area (Å²) < 4.78 is 5.89. The zero-order valence-corrected chi connectivity index (χ0v) is 11.1. The highest BCUT2D eigenvalue weighted by Crippen LogP contribution is 2.11. The lowest BCUT2D eigenvalue weighted by Gasteiger charge is -2.12. The first-order valence-electron chi connectivity index (χ1n) is 5.17. The van der Waals surface area contributed by atoms with E-state index in [1.807, 2.05) is 31.2 Å². The topological polar surface area (TPSA) is 38.3 Å². The van der Waals surface area contributed by atoms with Gasteiger partial charge in [0.25, 0.3) is 0 Å². The molecule has 0 saturated carbocycles. The van der Waals surface area contributed by atoms with Crippen molar-refractivity contribution in [1.29, 1.82) is 0 Å². The lowest BCUT2D eigenvalue weighted by atomic mass is 10.1. The Kier molecular flexibility index (Phi) is 5.66. The molecule has 0 aliphatic carbocycles. The van der Waals surface area contributed by atoms with E-state index in [1.54, 1.807) is 7.11 Å². The van der Waals surface area contributed by atoms with E-state index in [0.29, 0.717) is 13.2 Å². The number of carbonyl (C=O) groups excluding carboxylic acids is 1. The Morgan fingerprint density at radius 2 is 2.06 bits per heavy atom. The van der Waals surface area contributed by atoms with Gasteiger partial charge in [0, 0.05) is 23.7 Å². The van der Waals surface area contributed by atoms with Gasteiger partial charge in [0.2, 0.25) is 0 Å². The van der Waals surface area contributed by atoms with Crippen LogP contribution in [0.25, 0.3) is 0 Å². The molecule has 0 spiro atoms. The maximum absolute atomic E-state index is 11.9. The average Bonchev–Trinajstić information content (AvgIpc) is 2.29. The quantitative estimate of drug-likeness (QED) is 0.644. The number of halogens is 1. The molecule has 4 heteroatoms. The number of Topliss-reactive ketones (excluding diaryl/α,β-unsaturated/α-hetero) is 1. The minimum absolute atomic E-state index is 0.101. The number of carbonyl (C=O) groups is 1. The van der Waals surface area contributed by atoms with Gasteiger partial charge < -0.3 is 10.1 Å². The smallest absolute Gasteiger partial charge is 0.179 e. The highest BCUT2D eigenvalue weighted by Gasteiger charge is 2.13. The molecule has 0 radical (unpaired) electrons. The van der Waals surface area contributed by atoms with Crippen LogP contribution in [0.4, 0.5) is 0 Å². The molecule has 1 rings (SSSR count). The minimum atomic E-state index is -0.184. The summed E-state index contributed by atoms with van der Waals surface area (Å²) in [7, 11) is 1.64. The summed E-state index contributed by atoms with van der Waals surface area (Å²) in [4.78, 5) is 11.9. The Labute approximate surface area is 104 Å². The van der Waals surface area contributed by atoms with Crippen LogP contribution in [-0.4, -0.2) is 32.1 Å². The lowest BCUT2D eigenvalue weighted by Crippen LogP contribution is -2.36. The number of ether oxygens (including phenoxy) is 1. The van der Waals surface area contributed by atoms with E-state index in [1.165, 1.54) is 0 Å². The second-order valence-corrected chi connectivity index (χ2v) is 4.46. The number of hydrogen-bond donors (Lipinski definition) is 1. The van der Waals surface area contributed by atoms with E-state index >= 15 is 0 Å². The third kappa shape index (κ3) is 4.04. The first-order valence-corrected chi connectivity index (χ1v) is 5.96. The van der Waals surface area contributed by atoms with Gasteiger partial charge in [-0.1, -0.05) is 28.1 Å². The van der Waals surface area contributed by atoms with Crippen LogP contribution >= 0.6 is 15.9 Å². The molecule has 0 bridgehead atoms. The summed E-state index contributed by atoms with van der Waals surface area (Å²) in [6.45, 7) is 3.15. The zero-order valence-electron chi connectivity index (χ0n) is 9.50. The van der Waals surface area contributed by atoms with E-state index in [9.17, 15) is 4.79 Å². The number of hydrogen-bond acceptors (Lipinski definition) is 3. The third-order valence-corrected chi connectivity index (χ3v) is 2.81. The Morgan fingerprint density at radius 1 is 1.44 bits per heavy atom. The Hall–Kier alpha value is -0.710. The van der Waals surface area contributed by atoms with Gasteiger partial charge in [-0.3, -0.25) is 4.79 Å². The molecule has 0 aliphatic heterocycles. The summed E-state index contributed by atoms with van der Waals surface area (Å²) in [5.41, 5.74) is 0.723. The maximum atomic E-state index is 11.9. The first kappa shape index (κ1) is 13.4. The number of rotatable bonds is 6. The van der Waals surface area contributed by atoms with E-state index in [2.05, 4.69) is 21.2 Å². The van der Waals surface area contributed by atoms with Crippen molar-refractivity contribution < 1.29 is 9.53 Å². The van der Waals surface area contributed by atoms with Crippen LogP contribution in [0.2, 0.25) is 0 Å². The van der Waals surface area contributed by atoms with E-state index in [0.717, 1.165) is 10.0 Å². The van der Waals surface area contributed by atoms with Gasteiger partial charge in [0.15, 0.2) is 5.78 Å². The maximum Gasteiger partial charge on any atom is 0.179 e. The van der Waals surface area contributed by atoms with Gasteiger partial charge >= 0.3 is 0 Å². The number of nitrogens with one attached hydrogen (secondary N) is 1.